The zero-order valence-corrected chi connectivity index (χ0v) is 14.9. The second kappa shape index (κ2) is 8.93. The predicted octanol–water partition coefficient (Wildman–Crippen LogP) is 3.18. The summed E-state index contributed by atoms with van der Waals surface area (Å²) in [7, 11) is 1.59. The molecule has 0 bridgehead atoms. The molecule has 0 saturated heterocycles. The van der Waals surface area contributed by atoms with Crippen molar-refractivity contribution in [2.45, 2.75) is 19.3 Å². The first-order valence-corrected chi connectivity index (χ1v) is 8.62. The molecule has 6 nitrogen and oxygen atoms in total. The Morgan fingerprint density at radius 2 is 2.00 bits per heavy atom. The van der Waals surface area contributed by atoms with Gasteiger partial charge in [-0.05, 0) is 36.2 Å². The minimum absolute atomic E-state index is 0.0988. The summed E-state index contributed by atoms with van der Waals surface area (Å²) in [6, 6.07) is 13.6. The lowest BCUT2D eigenvalue weighted by molar-refractivity contribution is -0.121. The average molecular weight is 369 g/mol. The van der Waals surface area contributed by atoms with Crippen LogP contribution in [0.2, 0.25) is 0 Å². The maximum absolute atomic E-state index is 12.9. The fourth-order valence-corrected chi connectivity index (χ4v) is 2.54. The quantitative estimate of drug-likeness (QED) is 0.660. The highest BCUT2D eigenvalue weighted by Crippen LogP contribution is 2.21. The number of aryl methyl sites for hydroxylation is 1. The van der Waals surface area contributed by atoms with Gasteiger partial charge in [0.25, 0.3) is 0 Å². The summed E-state index contributed by atoms with van der Waals surface area (Å²) in [6.45, 7) is 0.489. The maximum Gasteiger partial charge on any atom is 0.227 e. The van der Waals surface area contributed by atoms with Crippen LogP contribution in [0, 0.1) is 5.82 Å². The van der Waals surface area contributed by atoms with Crippen LogP contribution in [0.3, 0.4) is 0 Å². The molecule has 1 amide bonds. The van der Waals surface area contributed by atoms with Gasteiger partial charge in [-0.3, -0.25) is 4.79 Å². The number of nitrogens with one attached hydrogen (secondary N) is 1. The molecule has 0 aliphatic carbocycles. The fraction of sp³-hybridized carbons (Fsp3) is 0.250. The second-order valence-electron chi connectivity index (χ2n) is 5.97. The highest BCUT2D eigenvalue weighted by atomic mass is 19.1. The standard InChI is InChI=1S/C20H20FN3O3/c1-26-17-4-2-3-15(13-17)20-23-19(27-24-20)10-9-18(25)22-12-11-14-5-7-16(21)8-6-14/h2-8,13H,9-12H2,1H3,(H,22,25). The number of ether oxygens (including phenoxy) is 1. The van der Waals surface area contributed by atoms with Gasteiger partial charge in [0.2, 0.25) is 17.6 Å². The third-order valence-electron chi connectivity index (χ3n) is 4.01. The number of nitrogens with zero attached hydrogens (tertiary/aromatic N) is 2. The lowest BCUT2D eigenvalue weighted by Gasteiger charge is -2.04. The van der Waals surface area contributed by atoms with E-state index in [9.17, 15) is 9.18 Å². The van der Waals surface area contributed by atoms with E-state index in [-0.39, 0.29) is 18.1 Å². The van der Waals surface area contributed by atoms with Crippen LogP contribution in [0.15, 0.2) is 53.1 Å². The van der Waals surface area contributed by atoms with Gasteiger partial charge in [-0.25, -0.2) is 4.39 Å². The van der Waals surface area contributed by atoms with Crippen molar-refractivity contribution in [2.75, 3.05) is 13.7 Å². The summed E-state index contributed by atoms with van der Waals surface area (Å²) >= 11 is 0. The molecule has 0 radical (unpaired) electrons. The van der Waals surface area contributed by atoms with Crippen molar-refractivity contribution in [3.63, 3.8) is 0 Å². The van der Waals surface area contributed by atoms with Crippen LogP contribution >= 0.6 is 0 Å². The van der Waals surface area contributed by atoms with E-state index < -0.39 is 0 Å². The summed E-state index contributed by atoms with van der Waals surface area (Å²) in [4.78, 5) is 16.3. The minimum atomic E-state index is -0.268. The van der Waals surface area contributed by atoms with Gasteiger partial charge in [0.05, 0.1) is 7.11 Å². The van der Waals surface area contributed by atoms with Gasteiger partial charge in [-0.1, -0.05) is 29.4 Å². The van der Waals surface area contributed by atoms with Crippen LogP contribution in [0.1, 0.15) is 17.9 Å². The van der Waals surface area contributed by atoms with Crippen LogP contribution in [-0.4, -0.2) is 29.7 Å². The van der Waals surface area contributed by atoms with Crippen LogP contribution < -0.4 is 10.1 Å². The van der Waals surface area contributed by atoms with Gasteiger partial charge in [-0.2, -0.15) is 4.98 Å². The van der Waals surface area contributed by atoms with Crippen LogP contribution in [-0.2, 0) is 17.6 Å². The fourth-order valence-electron chi connectivity index (χ4n) is 2.54. The summed E-state index contributed by atoms with van der Waals surface area (Å²) in [5.74, 6) is 1.20. The third kappa shape index (κ3) is 5.37. The monoisotopic (exact) mass is 369 g/mol. The Labute approximate surface area is 156 Å². The number of hydrogen-bond donors (Lipinski definition) is 1. The SMILES string of the molecule is COc1cccc(-c2noc(CCC(=O)NCCc3ccc(F)cc3)n2)c1. The van der Waals surface area contributed by atoms with Crippen LogP contribution in [0.4, 0.5) is 4.39 Å². The number of carbonyl (C=O) groups is 1. The lowest BCUT2D eigenvalue weighted by Crippen LogP contribution is -2.25. The molecule has 3 aromatic rings. The number of methoxy groups -OCH3 is 1. The van der Waals surface area contributed by atoms with Gasteiger partial charge in [0.1, 0.15) is 11.6 Å². The largest absolute Gasteiger partial charge is 0.497 e. The molecule has 1 heterocycles. The molecule has 0 saturated carbocycles. The lowest BCUT2D eigenvalue weighted by atomic mass is 10.1. The normalized spacial score (nSPS) is 10.6. The minimum Gasteiger partial charge on any atom is -0.497 e. The third-order valence-corrected chi connectivity index (χ3v) is 4.01. The van der Waals surface area contributed by atoms with E-state index in [1.165, 1.54) is 12.1 Å². The van der Waals surface area contributed by atoms with Crippen molar-refractivity contribution in [1.29, 1.82) is 0 Å². The average Bonchev–Trinajstić information content (AvgIpc) is 3.17. The van der Waals surface area contributed by atoms with Crippen molar-refractivity contribution in [3.8, 4) is 17.1 Å². The summed E-state index contributed by atoms with van der Waals surface area (Å²) in [5, 5.41) is 6.78. The molecule has 140 valence electrons. The number of amides is 1. The number of hydrogen-bond acceptors (Lipinski definition) is 5. The number of benzene rings is 2. The molecule has 0 aliphatic rings. The summed E-state index contributed by atoms with van der Waals surface area (Å²) in [5.41, 5.74) is 1.75. The van der Waals surface area contributed by atoms with Crippen LogP contribution in [0.25, 0.3) is 11.4 Å². The summed E-state index contributed by atoms with van der Waals surface area (Å²) in [6.07, 6.45) is 1.26. The van der Waals surface area contributed by atoms with E-state index >= 15 is 0 Å². The summed E-state index contributed by atoms with van der Waals surface area (Å²) < 4.78 is 23.2. The van der Waals surface area contributed by atoms with Gasteiger partial charge in [0.15, 0.2) is 0 Å². The molecule has 7 heteroatoms. The smallest absolute Gasteiger partial charge is 0.227 e. The first-order chi connectivity index (χ1) is 13.1. The second-order valence-corrected chi connectivity index (χ2v) is 5.97. The topological polar surface area (TPSA) is 77.2 Å². The van der Waals surface area contributed by atoms with E-state index in [1.807, 2.05) is 24.3 Å². The molecule has 0 atom stereocenters. The number of rotatable bonds is 8. The molecule has 0 fully saturated rings. The van der Waals surface area contributed by atoms with Gasteiger partial charge < -0.3 is 14.6 Å². The first-order valence-electron chi connectivity index (χ1n) is 8.62. The highest BCUT2D eigenvalue weighted by Gasteiger charge is 2.11. The zero-order chi connectivity index (χ0) is 19.1. The van der Waals surface area contributed by atoms with Crippen LogP contribution in [0.5, 0.6) is 5.75 Å². The van der Waals surface area contributed by atoms with Gasteiger partial charge in [-0.15, -0.1) is 0 Å². The molecular formula is C20H20FN3O3. The molecule has 1 aromatic heterocycles. The Balaban J connectivity index is 1.45. The Morgan fingerprint density at radius 3 is 2.78 bits per heavy atom. The zero-order valence-electron chi connectivity index (χ0n) is 14.9. The van der Waals surface area contributed by atoms with Crippen molar-refractivity contribution in [2.24, 2.45) is 0 Å². The molecule has 2 aromatic carbocycles. The Hall–Kier alpha value is -3.22. The molecule has 3 rings (SSSR count). The van der Waals surface area contributed by atoms with Gasteiger partial charge >= 0.3 is 0 Å². The molecule has 27 heavy (non-hydrogen) atoms. The van der Waals surface area contributed by atoms with E-state index in [0.717, 1.165) is 11.1 Å². The number of halogens is 1. The number of aromatic nitrogens is 2. The number of carbonyl (C=O) groups excluding carboxylic acids is 1. The van der Waals surface area contributed by atoms with E-state index in [1.54, 1.807) is 19.2 Å². The van der Waals surface area contributed by atoms with E-state index in [2.05, 4.69) is 15.5 Å². The Bertz CT molecular complexity index is 893. The van der Waals surface area contributed by atoms with Crippen molar-refractivity contribution >= 4 is 5.91 Å². The Kier molecular flexibility index (Phi) is 6.14. The molecule has 1 N–H and O–H groups in total. The van der Waals surface area contributed by atoms with Crippen molar-refractivity contribution in [1.82, 2.24) is 15.5 Å². The highest BCUT2D eigenvalue weighted by molar-refractivity contribution is 5.76. The van der Waals surface area contributed by atoms with Crippen molar-refractivity contribution in [3.05, 3.63) is 65.8 Å². The first kappa shape index (κ1) is 18.6. The maximum atomic E-state index is 12.9. The molecule has 0 spiro atoms. The van der Waals surface area contributed by atoms with Gasteiger partial charge in [0, 0.05) is 24.9 Å². The van der Waals surface area contributed by atoms with Crippen molar-refractivity contribution < 1.29 is 18.4 Å². The predicted molar refractivity (Wildman–Crippen MR) is 97.7 cm³/mol. The van der Waals surface area contributed by atoms with E-state index in [4.69, 9.17) is 9.26 Å². The van der Waals surface area contributed by atoms with E-state index in [0.29, 0.717) is 36.9 Å². The molecular weight excluding hydrogens is 349 g/mol. The molecule has 0 aliphatic heterocycles. The molecule has 0 unspecified atom stereocenters. The Morgan fingerprint density at radius 1 is 1.19 bits per heavy atom.